The third kappa shape index (κ3) is 5.93. The molecule has 40 heavy (non-hydrogen) atoms. The maximum Gasteiger partial charge on any atom is 0.457 e. The van der Waals surface area contributed by atoms with Crippen LogP contribution in [0.25, 0.3) is 0 Å². The third-order valence-corrected chi connectivity index (χ3v) is 6.80. The average molecular weight is 728 g/mol. The molecule has 0 spiro atoms. The van der Waals surface area contributed by atoms with Crippen LogP contribution in [0, 0.1) is 0 Å². The highest BCUT2D eigenvalue weighted by molar-refractivity contribution is 9.11. The molecule has 2 aromatic carbocycles. The molecule has 0 saturated heterocycles. The first-order chi connectivity index (χ1) is 18.3. The van der Waals surface area contributed by atoms with Crippen molar-refractivity contribution in [3.05, 3.63) is 85.5 Å². The molecule has 2 amide bonds. The van der Waals surface area contributed by atoms with Crippen LogP contribution in [0.5, 0.6) is 0 Å². The van der Waals surface area contributed by atoms with Gasteiger partial charge in [0.05, 0.1) is 11.3 Å². The molecule has 214 valence electrons. The Morgan fingerprint density at radius 1 is 0.775 bits per heavy atom. The molecule has 0 fully saturated rings. The second kappa shape index (κ2) is 11.2. The van der Waals surface area contributed by atoms with E-state index in [-0.39, 0.29) is 34.1 Å². The molecule has 0 radical (unpaired) electrons. The first-order valence-corrected chi connectivity index (χ1v) is 12.3. The number of nitrogens with one attached hydrogen (secondary N) is 2. The standard InChI is InChI=1S/C23H11Br2ClF9N3O2/c24-14-8-11(20(27,22(30,31)32)21(28,29)23(33,34)35)9-15(25)16(14)38-18(39)10-3-1-4-12(7-10)37-19(40)13-5-2-6-36-17(13)26/h1-9H,(H,37,40)(H,38,39). The monoisotopic (exact) mass is 725 g/mol. The molecule has 17 heteroatoms. The van der Waals surface area contributed by atoms with Crippen molar-refractivity contribution in [1.82, 2.24) is 4.98 Å². The number of rotatable bonds is 6. The van der Waals surface area contributed by atoms with Crippen molar-refractivity contribution in [1.29, 1.82) is 0 Å². The summed E-state index contributed by atoms with van der Waals surface area (Å²) in [6.45, 7) is 0. The van der Waals surface area contributed by atoms with E-state index >= 15 is 0 Å². The number of benzene rings is 2. The number of carbonyl (C=O) groups excluding carboxylic acids is 2. The first-order valence-electron chi connectivity index (χ1n) is 10.3. The van der Waals surface area contributed by atoms with E-state index < -0.39 is 56.0 Å². The van der Waals surface area contributed by atoms with Gasteiger partial charge in [-0.2, -0.15) is 35.1 Å². The minimum absolute atomic E-state index is 0.0193. The van der Waals surface area contributed by atoms with Gasteiger partial charge >= 0.3 is 23.9 Å². The maximum absolute atomic E-state index is 14.8. The van der Waals surface area contributed by atoms with Crippen molar-refractivity contribution in [2.45, 2.75) is 23.9 Å². The highest BCUT2D eigenvalue weighted by Gasteiger charge is 2.81. The van der Waals surface area contributed by atoms with Crippen LogP contribution < -0.4 is 10.6 Å². The molecule has 3 rings (SSSR count). The summed E-state index contributed by atoms with van der Waals surface area (Å²) >= 11 is 11.2. The third-order valence-electron chi connectivity index (χ3n) is 5.24. The molecule has 0 aliphatic heterocycles. The van der Waals surface area contributed by atoms with Crippen molar-refractivity contribution < 1.29 is 49.1 Å². The lowest BCUT2D eigenvalue weighted by molar-refractivity contribution is -0.389. The van der Waals surface area contributed by atoms with E-state index in [0.717, 1.165) is 0 Å². The highest BCUT2D eigenvalue weighted by Crippen LogP contribution is 2.59. The van der Waals surface area contributed by atoms with E-state index in [1.54, 1.807) is 0 Å². The smallest absolute Gasteiger partial charge is 0.322 e. The highest BCUT2D eigenvalue weighted by atomic mass is 79.9. The fourth-order valence-corrected chi connectivity index (χ4v) is 4.88. The molecule has 5 nitrogen and oxygen atoms in total. The molecule has 0 aliphatic rings. The number of hydrogen-bond donors (Lipinski definition) is 2. The minimum atomic E-state index is -6.90. The summed E-state index contributed by atoms with van der Waals surface area (Å²) in [6.07, 6.45) is -12.2. The van der Waals surface area contributed by atoms with Gasteiger partial charge in [-0.15, -0.1) is 0 Å². The van der Waals surface area contributed by atoms with Crippen molar-refractivity contribution in [3.8, 4) is 0 Å². The van der Waals surface area contributed by atoms with Gasteiger partial charge in [0.1, 0.15) is 5.15 Å². The Balaban J connectivity index is 1.92. The van der Waals surface area contributed by atoms with E-state index in [9.17, 15) is 49.1 Å². The molecular formula is C23H11Br2ClF9N3O2. The summed E-state index contributed by atoms with van der Waals surface area (Å²) in [5, 5.41) is 4.59. The van der Waals surface area contributed by atoms with Gasteiger partial charge in [-0.1, -0.05) is 17.7 Å². The number of aromatic nitrogens is 1. The molecule has 1 atom stereocenters. The van der Waals surface area contributed by atoms with Crippen LogP contribution in [0.1, 0.15) is 26.3 Å². The SMILES string of the molecule is O=C(Nc1c(Br)cc(C(F)(C(F)(F)F)C(F)(F)C(F)(F)F)cc1Br)c1cccc(NC(=O)c2cccnc2Cl)c1. The molecule has 1 unspecified atom stereocenters. The van der Waals surface area contributed by atoms with Gasteiger partial charge in [0.15, 0.2) is 0 Å². The second-order valence-electron chi connectivity index (χ2n) is 7.87. The van der Waals surface area contributed by atoms with E-state index in [1.165, 1.54) is 42.6 Å². The van der Waals surface area contributed by atoms with Gasteiger partial charge in [0.25, 0.3) is 11.8 Å². The number of pyridine rings is 1. The quantitative estimate of drug-likeness (QED) is 0.197. The first kappa shape index (κ1) is 31.7. The Morgan fingerprint density at radius 3 is 1.90 bits per heavy atom. The Kier molecular flexibility index (Phi) is 8.87. The lowest BCUT2D eigenvalue weighted by atomic mass is 9.87. The van der Waals surface area contributed by atoms with E-state index in [4.69, 9.17) is 11.6 Å². The van der Waals surface area contributed by atoms with Gasteiger partial charge in [-0.05, 0) is 74.3 Å². The summed E-state index contributed by atoms with van der Waals surface area (Å²) in [7, 11) is 0. The Morgan fingerprint density at radius 2 is 1.38 bits per heavy atom. The Labute approximate surface area is 240 Å². The molecule has 0 saturated carbocycles. The van der Waals surface area contributed by atoms with E-state index in [1.807, 2.05) is 0 Å². The van der Waals surface area contributed by atoms with Crippen molar-refractivity contribution in [2.24, 2.45) is 0 Å². The predicted octanol–water partition coefficient (Wildman–Crippen LogP) is 8.69. The number of halogens is 12. The largest absolute Gasteiger partial charge is 0.457 e. The van der Waals surface area contributed by atoms with Crippen LogP contribution in [0.4, 0.5) is 50.9 Å². The van der Waals surface area contributed by atoms with Gasteiger partial charge in [0.2, 0.25) is 0 Å². The second-order valence-corrected chi connectivity index (χ2v) is 9.94. The molecule has 1 aromatic heterocycles. The number of nitrogens with zero attached hydrogens (tertiary/aromatic N) is 1. The predicted molar refractivity (Wildman–Crippen MR) is 133 cm³/mol. The van der Waals surface area contributed by atoms with Gasteiger partial charge in [-0.3, -0.25) is 9.59 Å². The summed E-state index contributed by atoms with van der Waals surface area (Å²) in [5.41, 5.74) is -8.69. The van der Waals surface area contributed by atoms with E-state index in [0.29, 0.717) is 0 Å². The van der Waals surface area contributed by atoms with Crippen LogP contribution in [-0.4, -0.2) is 35.1 Å². The molecule has 1 heterocycles. The zero-order valence-electron chi connectivity index (χ0n) is 19.0. The number of hydrogen-bond acceptors (Lipinski definition) is 3. The average Bonchev–Trinajstić information content (AvgIpc) is 2.84. The van der Waals surface area contributed by atoms with Gasteiger partial charge in [0, 0.05) is 32.0 Å². The van der Waals surface area contributed by atoms with Crippen LogP contribution in [-0.2, 0) is 5.67 Å². The minimum Gasteiger partial charge on any atom is -0.322 e. The van der Waals surface area contributed by atoms with Crippen LogP contribution in [0.15, 0.2) is 63.7 Å². The van der Waals surface area contributed by atoms with Crippen molar-refractivity contribution in [3.63, 3.8) is 0 Å². The molecule has 3 aromatic rings. The zero-order chi connectivity index (χ0) is 30.3. The van der Waals surface area contributed by atoms with E-state index in [2.05, 4.69) is 47.5 Å². The zero-order valence-corrected chi connectivity index (χ0v) is 22.9. The maximum atomic E-state index is 14.8. The van der Waals surface area contributed by atoms with Crippen LogP contribution in [0.3, 0.4) is 0 Å². The van der Waals surface area contributed by atoms with Crippen LogP contribution >= 0.6 is 43.5 Å². The molecule has 0 aliphatic carbocycles. The summed E-state index contributed by atoms with van der Waals surface area (Å²) in [4.78, 5) is 29.0. The van der Waals surface area contributed by atoms with Crippen molar-refractivity contribution in [2.75, 3.05) is 10.6 Å². The summed E-state index contributed by atoms with van der Waals surface area (Å²) < 4.78 is 120. The van der Waals surface area contributed by atoms with Crippen LogP contribution in [0.2, 0.25) is 5.15 Å². The number of anilines is 2. The topological polar surface area (TPSA) is 71.1 Å². The molecular weight excluding hydrogens is 717 g/mol. The summed E-state index contributed by atoms with van der Waals surface area (Å²) in [5.74, 6) is -8.49. The molecule has 2 N–H and O–H groups in total. The number of carbonyl (C=O) groups is 2. The lowest BCUT2D eigenvalue weighted by Crippen LogP contribution is -2.59. The normalized spacial score (nSPS) is 13.9. The van der Waals surface area contributed by atoms with Crippen molar-refractivity contribution >= 4 is 66.6 Å². The fraction of sp³-hybridized carbons (Fsp3) is 0.174. The lowest BCUT2D eigenvalue weighted by Gasteiger charge is -2.36. The van der Waals surface area contributed by atoms with Gasteiger partial charge in [-0.25, -0.2) is 9.37 Å². The number of amides is 2. The van der Waals surface area contributed by atoms with Gasteiger partial charge < -0.3 is 10.6 Å². The summed E-state index contributed by atoms with van der Waals surface area (Å²) in [6, 6.07) is 8.13. The Bertz CT molecular complexity index is 1440. The fourth-order valence-electron chi connectivity index (χ4n) is 3.29. The number of alkyl halides is 9. The molecule has 0 bridgehead atoms. The Hall–Kier alpha value is -2.85.